The van der Waals surface area contributed by atoms with Crippen LogP contribution in [0.4, 0.5) is 0 Å². The Morgan fingerprint density at radius 1 is 0.625 bits per heavy atom. The van der Waals surface area contributed by atoms with Gasteiger partial charge in [-0.25, -0.2) is 0 Å². The average molecular weight is 362 g/mol. The van der Waals surface area contributed by atoms with E-state index in [1.807, 2.05) is 48.5 Å². The largest absolute Gasteiger partial charge is 0.457 e. The Morgan fingerprint density at radius 3 is 1.25 bits per heavy atom. The smallest absolute Gasteiger partial charge is 0.127 e. The van der Waals surface area contributed by atoms with Gasteiger partial charge in [0, 0.05) is 8.95 Å². The number of benzene rings is 2. The van der Waals surface area contributed by atoms with Crippen molar-refractivity contribution in [1.82, 2.24) is 0 Å². The molecule has 0 spiro atoms. The molecule has 0 radical (unpaired) electrons. The van der Waals surface area contributed by atoms with Gasteiger partial charge in [0.05, 0.1) is 0 Å². The fourth-order valence-corrected chi connectivity index (χ4v) is 1.67. The van der Waals surface area contributed by atoms with Crippen molar-refractivity contribution >= 4 is 41.8 Å². The van der Waals surface area contributed by atoms with Gasteiger partial charge in [0.25, 0.3) is 0 Å². The lowest BCUT2D eigenvalue weighted by molar-refractivity contribution is 0.482. The van der Waals surface area contributed by atoms with Crippen molar-refractivity contribution in [2.24, 2.45) is 0 Å². The molecule has 0 saturated carbocycles. The first-order chi connectivity index (χ1) is 7.24. The summed E-state index contributed by atoms with van der Waals surface area (Å²) in [5.74, 6) is 1.67. The van der Waals surface area contributed by atoms with Crippen LogP contribution in [0.2, 0.25) is 0 Å². The molecule has 0 bridgehead atoms. The van der Waals surface area contributed by atoms with Gasteiger partial charge < -0.3 is 4.74 Å². The van der Waals surface area contributed by atoms with Gasteiger partial charge in [0.15, 0.2) is 0 Å². The molecule has 0 saturated heterocycles. The monoisotopic (exact) mass is 360 g/mol. The SMILES string of the molecule is Brc1ccc(Oc2ccc(Br)cc2)cc1.P. The molecule has 0 fully saturated rings. The molecule has 0 heterocycles. The highest BCUT2D eigenvalue weighted by Gasteiger charge is 1.96. The van der Waals surface area contributed by atoms with E-state index in [4.69, 9.17) is 4.74 Å². The predicted octanol–water partition coefficient (Wildman–Crippen LogP) is 5.06. The van der Waals surface area contributed by atoms with Crippen molar-refractivity contribution in [2.75, 3.05) is 0 Å². The van der Waals surface area contributed by atoms with Crippen LogP contribution in [0.15, 0.2) is 57.5 Å². The minimum absolute atomic E-state index is 0. The molecular formula is C12H11Br2OP. The van der Waals surface area contributed by atoms with Crippen LogP contribution in [0.25, 0.3) is 0 Å². The van der Waals surface area contributed by atoms with Gasteiger partial charge >= 0.3 is 0 Å². The topological polar surface area (TPSA) is 9.23 Å². The van der Waals surface area contributed by atoms with Gasteiger partial charge in [-0.3, -0.25) is 0 Å². The van der Waals surface area contributed by atoms with E-state index in [-0.39, 0.29) is 9.90 Å². The molecule has 0 N–H and O–H groups in total. The number of rotatable bonds is 2. The predicted molar refractivity (Wildman–Crippen MR) is 79.5 cm³/mol. The number of ether oxygens (including phenoxy) is 1. The highest BCUT2D eigenvalue weighted by Crippen LogP contribution is 2.24. The van der Waals surface area contributed by atoms with E-state index in [1.54, 1.807) is 0 Å². The van der Waals surface area contributed by atoms with Gasteiger partial charge in [-0.1, -0.05) is 31.9 Å². The van der Waals surface area contributed by atoms with Crippen LogP contribution in [0, 0.1) is 0 Å². The molecule has 1 nitrogen and oxygen atoms in total. The normalized spacial score (nSPS) is 9.38. The molecule has 1 atom stereocenters. The lowest BCUT2D eigenvalue weighted by atomic mass is 10.3. The first kappa shape index (κ1) is 13.7. The first-order valence-corrected chi connectivity index (χ1v) is 6.01. The molecule has 16 heavy (non-hydrogen) atoms. The fraction of sp³-hybridized carbons (Fsp3) is 0. The minimum atomic E-state index is 0. The van der Waals surface area contributed by atoms with Gasteiger partial charge in [-0.05, 0) is 48.5 Å². The van der Waals surface area contributed by atoms with Gasteiger partial charge in [0.1, 0.15) is 11.5 Å². The van der Waals surface area contributed by atoms with E-state index in [2.05, 4.69) is 31.9 Å². The summed E-state index contributed by atoms with van der Waals surface area (Å²) < 4.78 is 7.74. The van der Waals surface area contributed by atoms with E-state index < -0.39 is 0 Å². The Labute approximate surface area is 115 Å². The van der Waals surface area contributed by atoms with Crippen LogP contribution in [0.5, 0.6) is 11.5 Å². The fourth-order valence-electron chi connectivity index (χ4n) is 1.14. The molecule has 0 aliphatic carbocycles. The Balaban J connectivity index is 0.00000128. The quantitative estimate of drug-likeness (QED) is 0.679. The van der Waals surface area contributed by atoms with Crippen molar-refractivity contribution in [1.29, 1.82) is 0 Å². The zero-order valence-corrected chi connectivity index (χ0v) is 13.1. The molecule has 0 aromatic heterocycles. The minimum Gasteiger partial charge on any atom is -0.457 e. The summed E-state index contributed by atoms with van der Waals surface area (Å²) in [6, 6.07) is 15.5. The summed E-state index contributed by atoms with van der Waals surface area (Å²) in [4.78, 5) is 0. The second-order valence-corrected chi connectivity index (χ2v) is 4.84. The molecule has 2 rings (SSSR count). The summed E-state index contributed by atoms with van der Waals surface area (Å²) in [6.07, 6.45) is 0. The summed E-state index contributed by atoms with van der Waals surface area (Å²) in [5, 5.41) is 0. The average Bonchev–Trinajstić information content (AvgIpc) is 2.25. The second kappa shape index (κ2) is 6.39. The van der Waals surface area contributed by atoms with Crippen molar-refractivity contribution in [2.45, 2.75) is 0 Å². The number of hydrogen-bond donors (Lipinski definition) is 0. The maximum Gasteiger partial charge on any atom is 0.127 e. The van der Waals surface area contributed by atoms with Crippen LogP contribution in [-0.4, -0.2) is 0 Å². The van der Waals surface area contributed by atoms with Crippen molar-refractivity contribution in [3.05, 3.63) is 57.5 Å². The summed E-state index contributed by atoms with van der Waals surface area (Å²) in [7, 11) is 0. The van der Waals surface area contributed by atoms with Crippen molar-refractivity contribution < 1.29 is 4.74 Å². The molecule has 84 valence electrons. The summed E-state index contributed by atoms with van der Waals surface area (Å²) in [6.45, 7) is 0. The first-order valence-electron chi connectivity index (χ1n) is 4.43. The Kier molecular flexibility index (Phi) is 5.47. The third-order valence-electron chi connectivity index (χ3n) is 1.86. The zero-order valence-electron chi connectivity index (χ0n) is 8.49. The maximum absolute atomic E-state index is 5.65. The highest BCUT2D eigenvalue weighted by molar-refractivity contribution is 9.10. The summed E-state index contributed by atoms with van der Waals surface area (Å²) in [5.41, 5.74) is 0. The Bertz CT molecular complexity index is 396. The van der Waals surface area contributed by atoms with Gasteiger partial charge in [-0.15, -0.1) is 0 Å². The van der Waals surface area contributed by atoms with Crippen LogP contribution in [0.1, 0.15) is 0 Å². The number of halogens is 2. The highest BCUT2D eigenvalue weighted by atomic mass is 79.9. The van der Waals surface area contributed by atoms with E-state index >= 15 is 0 Å². The molecule has 0 aliphatic heterocycles. The number of hydrogen-bond acceptors (Lipinski definition) is 1. The van der Waals surface area contributed by atoms with Gasteiger partial charge in [0.2, 0.25) is 0 Å². The van der Waals surface area contributed by atoms with Crippen LogP contribution in [-0.2, 0) is 0 Å². The molecule has 2 aromatic carbocycles. The molecule has 2 aromatic rings. The van der Waals surface area contributed by atoms with E-state index in [0.717, 1.165) is 20.4 Å². The van der Waals surface area contributed by atoms with Crippen LogP contribution in [0.3, 0.4) is 0 Å². The van der Waals surface area contributed by atoms with Crippen LogP contribution < -0.4 is 4.74 Å². The lowest BCUT2D eigenvalue weighted by Gasteiger charge is -2.05. The standard InChI is InChI=1S/C12H8Br2O.H3P/c13-9-1-5-11(6-2-9)15-12-7-3-10(14)4-8-12;/h1-8H;1H3. The van der Waals surface area contributed by atoms with E-state index in [1.165, 1.54) is 0 Å². The lowest BCUT2D eigenvalue weighted by Crippen LogP contribution is -1.82. The molecule has 0 amide bonds. The van der Waals surface area contributed by atoms with E-state index in [0.29, 0.717) is 0 Å². The van der Waals surface area contributed by atoms with Crippen molar-refractivity contribution in [3.63, 3.8) is 0 Å². The zero-order chi connectivity index (χ0) is 10.7. The molecular weight excluding hydrogens is 351 g/mol. The Morgan fingerprint density at radius 2 is 0.938 bits per heavy atom. The third kappa shape index (κ3) is 3.89. The van der Waals surface area contributed by atoms with Gasteiger partial charge in [-0.2, -0.15) is 9.90 Å². The molecule has 1 unspecified atom stereocenters. The second-order valence-electron chi connectivity index (χ2n) is 3.01. The third-order valence-corrected chi connectivity index (χ3v) is 2.92. The van der Waals surface area contributed by atoms with E-state index in [9.17, 15) is 0 Å². The Hall–Kier alpha value is -0.370. The maximum atomic E-state index is 5.65. The summed E-state index contributed by atoms with van der Waals surface area (Å²) >= 11 is 6.76. The van der Waals surface area contributed by atoms with Crippen LogP contribution >= 0.6 is 41.8 Å². The molecule has 4 heteroatoms. The van der Waals surface area contributed by atoms with Crippen molar-refractivity contribution in [3.8, 4) is 11.5 Å². The molecule has 0 aliphatic rings.